The van der Waals surface area contributed by atoms with E-state index in [1.807, 2.05) is 4.90 Å². The molecule has 98 valence electrons. The second kappa shape index (κ2) is 4.97. The molecule has 0 bridgehead atoms. The Morgan fingerprint density at radius 1 is 1.29 bits per heavy atom. The summed E-state index contributed by atoms with van der Waals surface area (Å²) in [5.74, 6) is 0.966. The van der Waals surface area contributed by atoms with Crippen LogP contribution in [-0.2, 0) is 4.79 Å². The maximum atomic E-state index is 12.4. The number of piperidine rings is 1. The summed E-state index contributed by atoms with van der Waals surface area (Å²) >= 11 is 0. The zero-order chi connectivity index (χ0) is 12.5. The molecule has 0 aromatic rings. The molecule has 3 heteroatoms. The van der Waals surface area contributed by atoms with Crippen LogP contribution >= 0.6 is 0 Å². The summed E-state index contributed by atoms with van der Waals surface area (Å²) in [5.41, 5.74) is 6.00. The highest BCUT2D eigenvalue weighted by molar-refractivity contribution is 5.77. The van der Waals surface area contributed by atoms with E-state index in [0.29, 0.717) is 11.8 Å². The molecule has 1 saturated heterocycles. The summed E-state index contributed by atoms with van der Waals surface area (Å²) in [6, 6.07) is 0.176. The molecule has 0 aromatic heterocycles. The maximum Gasteiger partial charge on any atom is 0.223 e. The van der Waals surface area contributed by atoms with Crippen molar-refractivity contribution in [3.05, 3.63) is 0 Å². The lowest BCUT2D eigenvalue weighted by Gasteiger charge is -2.45. The highest BCUT2D eigenvalue weighted by Crippen LogP contribution is 2.32. The van der Waals surface area contributed by atoms with Gasteiger partial charge in [0, 0.05) is 24.5 Å². The maximum absolute atomic E-state index is 12.4. The standard InChI is InChI=1S/C14H26N2O/c1-14(2)8-7-12(15)10-16(14)13(17)9-11-5-3-4-6-11/h11-12H,3-10,15H2,1-2H3. The van der Waals surface area contributed by atoms with Crippen molar-refractivity contribution in [3.63, 3.8) is 0 Å². The molecule has 1 aliphatic carbocycles. The molecule has 1 amide bonds. The predicted octanol–water partition coefficient (Wildman–Crippen LogP) is 2.29. The van der Waals surface area contributed by atoms with Gasteiger partial charge in [0.25, 0.3) is 0 Å². The number of rotatable bonds is 2. The minimum absolute atomic E-state index is 0.00551. The van der Waals surface area contributed by atoms with Crippen molar-refractivity contribution in [3.8, 4) is 0 Å². The minimum atomic E-state index is 0.00551. The first-order valence-corrected chi connectivity index (χ1v) is 7.05. The van der Waals surface area contributed by atoms with Gasteiger partial charge in [0.2, 0.25) is 5.91 Å². The van der Waals surface area contributed by atoms with E-state index in [4.69, 9.17) is 5.73 Å². The van der Waals surface area contributed by atoms with Crippen LogP contribution in [0.25, 0.3) is 0 Å². The number of nitrogens with two attached hydrogens (primary N) is 1. The van der Waals surface area contributed by atoms with Crippen molar-refractivity contribution in [1.82, 2.24) is 4.90 Å². The van der Waals surface area contributed by atoms with Crippen LogP contribution < -0.4 is 5.73 Å². The highest BCUT2D eigenvalue weighted by Gasteiger charge is 2.36. The van der Waals surface area contributed by atoms with Gasteiger partial charge in [0.1, 0.15) is 0 Å². The van der Waals surface area contributed by atoms with E-state index in [-0.39, 0.29) is 11.6 Å². The minimum Gasteiger partial charge on any atom is -0.336 e. The molecule has 1 atom stereocenters. The van der Waals surface area contributed by atoms with Gasteiger partial charge in [-0.25, -0.2) is 0 Å². The second-order valence-corrected chi connectivity index (χ2v) is 6.47. The predicted molar refractivity (Wildman–Crippen MR) is 69.6 cm³/mol. The summed E-state index contributed by atoms with van der Waals surface area (Å²) in [6.07, 6.45) is 7.92. The van der Waals surface area contributed by atoms with Crippen molar-refractivity contribution in [2.45, 2.75) is 70.4 Å². The van der Waals surface area contributed by atoms with E-state index >= 15 is 0 Å². The lowest BCUT2D eigenvalue weighted by Crippen LogP contribution is -2.56. The normalized spacial score (nSPS) is 29.6. The number of carbonyl (C=O) groups is 1. The lowest BCUT2D eigenvalue weighted by atomic mass is 9.87. The van der Waals surface area contributed by atoms with Crippen LogP contribution in [0.4, 0.5) is 0 Å². The van der Waals surface area contributed by atoms with Crippen LogP contribution in [0.1, 0.15) is 58.8 Å². The SMILES string of the molecule is CC1(C)CCC(N)CN1C(=O)CC1CCCC1. The van der Waals surface area contributed by atoms with Crippen LogP contribution in [0.3, 0.4) is 0 Å². The number of amides is 1. The molecule has 2 rings (SSSR count). The zero-order valence-corrected chi connectivity index (χ0v) is 11.2. The van der Waals surface area contributed by atoms with Gasteiger partial charge in [0.05, 0.1) is 0 Å². The van der Waals surface area contributed by atoms with E-state index in [9.17, 15) is 4.79 Å². The van der Waals surface area contributed by atoms with Crippen LogP contribution in [0.2, 0.25) is 0 Å². The van der Waals surface area contributed by atoms with Crippen LogP contribution in [0.15, 0.2) is 0 Å². The zero-order valence-electron chi connectivity index (χ0n) is 11.2. The second-order valence-electron chi connectivity index (χ2n) is 6.47. The number of hydrogen-bond acceptors (Lipinski definition) is 2. The molecular formula is C14H26N2O. The average Bonchev–Trinajstić information content (AvgIpc) is 2.74. The lowest BCUT2D eigenvalue weighted by molar-refractivity contribution is -0.140. The molecule has 1 saturated carbocycles. The van der Waals surface area contributed by atoms with Gasteiger partial charge in [-0.2, -0.15) is 0 Å². The fraction of sp³-hybridized carbons (Fsp3) is 0.929. The van der Waals surface area contributed by atoms with E-state index in [2.05, 4.69) is 13.8 Å². The monoisotopic (exact) mass is 238 g/mol. The van der Waals surface area contributed by atoms with Crippen molar-refractivity contribution < 1.29 is 4.79 Å². The van der Waals surface area contributed by atoms with Gasteiger partial charge in [-0.3, -0.25) is 4.79 Å². The summed E-state index contributed by atoms with van der Waals surface area (Å²) in [6.45, 7) is 5.09. The number of nitrogens with zero attached hydrogens (tertiary/aromatic N) is 1. The first-order valence-electron chi connectivity index (χ1n) is 7.05. The molecule has 17 heavy (non-hydrogen) atoms. The number of carbonyl (C=O) groups excluding carboxylic acids is 1. The third-order valence-electron chi connectivity index (χ3n) is 4.51. The van der Waals surface area contributed by atoms with E-state index in [1.165, 1.54) is 25.7 Å². The topological polar surface area (TPSA) is 46.3 Å². The fourth-order valence-corrected chi connectivity index (χ4v) is 3.26. The third kappa shape index (κ3) is 3.01. The van der Waals surface area contributed by atoms with Gasteiger partial charge in [-0.15, -0.1) is 0 Å². The van der Waals surface area contributed by atoms with Gasteiger partial charge < -0.3 is 10.6 Å². The molecule has 0 radical (unpaired) electrons. The summed E-state index contributed by atoms with van der Waals surface area (Å²) in [5, 5.41) is 0. The van der Waals surface area contributed by atoms with E-state index < -0.39 is 0 Å². The van der Waals surface area contributed by atoms with Crippen molar-refractivity contribution in [2.24, 2.45) is 11.7 Å². The Bertz CT molecular complexity index is 282. The molecule has 2 fully saturated rings. The van der Waals surface area contributed by atoms with Crippen LogP contribution in [0.5, 0.6) is 0 Å². The molecule has 0 aromatic carbocycles. The van der Waals surface area contributed by atoms with Crippen molar-refractivity contribution >= 4 is 5.91 Å². The van der Waals surface area contributed by atoms with Gasteiger partial charge >= 0.3 is 0 Å². The van der Waals surface area contributed by atoms with Gasteiger partial charge in [-0.1, -0.05) is 12.8 Å². The Labute approximate surface area is 105 Å². The highest BCUT2D eigenvalue weighted by atomic mass is 16.2. The fourth-order valence-electron chi connectivity index (χ4n) is 3.26. The largest absolute Gasteiger partial charge is 0.336 e. The first-order chi connectivity index (χ1) is 7.99. The quantitative estimate of drug-likeness (QED) is 0.802. The Morgan fingerprint density at radius 3 is 2.59 bits per heavy atom. The summed E-state index contributed by atoms with van der Waals surface area (Å²) in [4.78, 5) is 14.4. The molecule has 0 spiro atoms. The third-order valence-corrected chi connectivity index (χ3v) is 4.51. The van der Waals surface area contributed by atoms with Gasteiger partial charge in [0.15, 0.2) is 0 Å². The number of hydrogen-bond donors (Lipinski definition) is 1. The number of likely N-dealkylation sites (tertiary alicyclic amines) is 1. The van der Waals surface area contributed by atoms with E-state index in [0.717, 1.165) is 25.8 Å². The smallest absolute Gasteiger partial charge is 0.223 e. The van der Waals surface area contributed by atoms with E-state index in [1.54, 1.807) is 0 Å². The Kier molecular flexibility index (Phi) is 3.76. The molecule has 1 heterocycles. The Morgan fingerprint density at radius 2 is 1.94 bits per heavy atom. The Balaban J connectivity index is 1.95. The van der Waals surface area contributed by atoms with Gasteiger partial charge in [-0.05, 0) is 45.4 Å². The molecule has 1 aliphatic heterocycles. The van der Waals surface area contributed by atoms with Crippen molar-refractivity contribution in [1.29, 1.82) is 0 Å². The first kappa shape index (κ1) is 12.9. The molecule has 2 N–H and O–H groups in total. The molecule has 1 unspecified atom stereocenters. The van der Waals surface area contributed by atoms with Crippen molar-refractivity contribution in [2.75, 3.05) is 6.54 Å². The summed E-state index contributed by atoms with van der Waals surface area (Å²) in [7, 11) is 0. The molecular weight excluding hydrogens is 212 g/mol. The average molecular weight is 238 g/mol. The molecule has 3 nitrogen and oxygen atoms in total. The Hall–Kier alpha value is -0.570. The summed E-state index contributed by atoms with van der Waals surface area (Å²) < 4.78 is 0. The molecule has 2 aliphatic rings. The van der Waals surface area contributed by atoms with Crippen LogP contribution in [0, 0.1) is 5.92 Å². The van der Waals surface area contributed by atoms with Crippen LogP contribution in [-0.4, -0.2) is 28.9 Å².